The van der Waals surface area contributed by atoms with Crippen LogP contribution in [0.15, 0.2) is 59.6 Å². The van der Waals surface area contributed by atoms with E-state index in [0.717, 1.165) is 72.5 Å². The number of nitrogens with zero attached hydrogens (tertiary/aromatic N) is 3. The number of thioether (sulfide) groups is 1. The lowest BCUT2D eigenvalue weighted by Gasteiger charge is -2.36. The predicted molar refractivity (Wildman–Crippen MR) is 143 cm³/mol. The van der Waals surface area contributed by atoms with Crippen molar-refractivity contribution in [1.29, 1.82) is 5.26 Å². The van der Waals surface area contributed by atoms with E-state index in [-0.39, 0.29) is 11.8 Å². The number of likely N-dealkylation sites (tertiary alicyclic amines) is 1. The molecule has 3 aromatic rings. The summed E-state index contributed by atoms with van der Waals surface area (Å²) in [6.45, 7) is 2.49. The summed E-state index contributed by atoms with van der Waals surface area (Å²) in [5, 5.41) is 20.1. The van der Waals surface area contributed by atoms with E-state index in [1.54, 1.807) is 18.9 Å². The number of fused-ring (bicyclic) bond motifs is 1. The number of carbonyl (C=O) groups is 1. The largest absolute Gasteiger partial charge is 0.497 e. The first-order valence-electron chi connectivity index (χ1n) is 12.6. The van der Waals surface area contributed by atoms with Gasteiger partial charge >= 0.3 is 5.97 Å². The minimum atomic E-state index is -0.675. The third-order valence-corrected chi connectivity index (χ3v) is 8.15. The number of aromatic nitrogens is 1. The standard InChI is InChI=1S/C29H33N3O3S/c1-35-24-9-10-28-26(18-24)22(11-13-31-28)6-3-7-23-12-15-32(20-27(23)29(33)34)14-4-16-36-25-8-2-5-21(17-25)19-30/h2,5,8-11,13,17-18,23,27H,3-4,6-7,12,14-16,20H2,1H3,(H,33,34)/t23-,27+/m1/s1. The highest BCUT2D eigenvalue weighted by atomic mass is 32.2. The second kappa shape index (κ2) is 12.8. The number of aryl methyl sites for hydroxylation is 1. The van der Waals surface area contributed by atoms with Crippen molar-refractivity contribution in [3.8, 4) is 11.8 Å². The van der Waals surface area contributed by atoms with Gasteiger partial charge in [-0.2, -0.15) is 5.26 Å². The van der Waals surface area contributed by atoms with E-state index in [9.17, 15) is 9.90 Å². The molecule has 36 heavy (non-hydrogen) atoms. The number of carboxylic acid groups (broad SMARTS) is 1. The number of nitriles is 1. The lowest BCUT2D eigenvalue weighted by atomic mass is 9.81. The number of carboxylic acids is 1. The minimum absolute atomic E-state index is 0.212. The molecule has 2 aromatic carbocycles. The molecule has 1 fully saturated rings. The molecule has 2 atom stereocenters. The van der Waals surface area contributed by atoms with Gasteiger partial charge in [-0.05, 0) is 105 Å². The molecule has 2 heterocycles. The number of piperidine rings is 1. The fraction of sp³-hybridized carbons (Fsp3) is 0.414. The van der Waals surface area contributed by atoms with E-state index < -0.39 is 5.97 Å². The Bertz CT molecular complexity index is 1230. The Labute approximate surface area is 217 Å². The van der Waals surface area contributed by atoms with Gasteiger partial charge in [0.25, 0.3) is 0 Å². The number of aliphatic carboxylic acids is 1. The van der Waals surface area contributed by atoms with Crippen LogP contribution in [0.3, 0.4) is 0 Å². The summed E-state index contributed by atoms with van der Waals surface area (Å²) >= 11 is 1.75. The minimum Gasteiger partial charge on any atom is -0.497 e. The molecule has 7 heteroatoms. The smallest absolute Gasteiger partial charge is 0.308 e. The zero-order valence-corrected chi connectivity index (χ0v) is 21.5. The summed E-state index contributed by atoms with van der Waals surface area (Å²) in [5.74, 6) is 1.00. The Morgan fingerprint density at radius 2 is 2.14 bits per heavy atom. The van der Waals surface area contributed by atoms with E-state index in [1.165, 1.54) is 5.56 Å². The lowest BCUT2D eigenvalue weighted by Crippen LogP contribution is -2.44. The molecule has 1 aromatic heterocycles. The van der Waals surface area contributed by atoms with Crippen molar-refractivity contribution in [2.24, 2.45) is 11.8 Å². The number of pyridine rings is 1. The SMILES string of the molecule is COc1ccc2nccc(CCC[C@@H]3CCN(CCCSc4cccc(C#N)c4)C[C@@H]3C(=O)O)c2c1. The third kappa shape index (κ3) is 6.77. The van der Waals surface area contributed by atoms with Crippen LogP contribution < -0.4 is 4.74 Å². The van der Waals surface area contributed by atoms with Gasteiger partial charge in [0.1, 0.15) is 5.75 Å². The van der Waals surface area contributed by atoms with Crippen molar-refractivity contribution in [2.45, 2.75) is 37.0 Å². The van der Waals surface area contributed by atoms with E-state index >= 15 is 0 Å². The highest BCUT2D eigenvalue weighted by molar-refractivity contribution is 7.99. The van der Waals surface area contributed by atoms with Crippen LogP contribution in [0.1, 0.15) is 36.8 Å². The van der Waals surface area contributed by atoms with Crippen LogP contribution in [0.25, 0.3) is 10.9 Å². The van der Waals surface area contributed by atoms with Crippen LogP contribution in [0.2, 0.25) is 0 Å². The Kier molecular flexibility index (Phi) is 9.21. The predicted octanol–water partition coefficient (Wildman–Crippen LogP) is 5.64. The number of benzene rings is 2. The summed E-state index contributed by atoms with van der Waals surface area (Å²) < 4.78 is 5.38. The maximum atomic E-state index is 12.1. The molecule has 0 radical (unpaired) electrons. The topological polar surface area (TPSA) is 86.5 Å². The van der Waals surface area contributed by atoms with Crippen LogP contribution >= 0.6 is 11.8 Å². The van der Waals surface area contributed by atoms with Gasteiger partial charge in [0.15, 0.2) is 0 Å². The van der Waals surface area contributed by atoms with Crippen LogP contribution in [0, 0.1) is 23.2 Å². The Hall–Kier alpha value is -3.08. The molecule has 1 N–H and O–H groups in total. The molecule has 6 nitrogen and oxygen atoms in total. The first kappa shape index (κ1) is 26.0. The molecule has 188 valence electrons. The third-order valence-electron chi connectivity index (χ3n) is 7.07. The van der Waals surface area contributed by atoms with Gasteiger partial charge in [0.2, 0.25) is 0 Å². The van der Waals surface area contributed by atoms with Gasteiger partial charge in [-0.3, -0.25) is 9.78 Å². The normalized spacial score (nSPS) is 18.1. The summed E-state index contributed by atoms with van der Waals surface area (Å²) in [7, 11) is 1.67. The Morgan fingerprint density at radius 3 is 2.94 bits per heavy atom. The fourth-order valence-corrected chi connectivity index (χ4v) is 6.01. The molecule has 0 unspecified atom stereocenters. The van der Waals surface area contributed by atoms with Crippen molar-refractivity contribution in [3.05, 3.63) is 65.9 Å². The number of ether oxygens (including phenoxy) is 1. The fourth-order valence-electron chi connectivity index (χ4n) is 5.11. The number of hydrogen-bond donors (Lipinski definition) is 1. The van der Waals surface area contributed by atoms with E-state index in [1.807, 2.05) is 48.7 Å². The van der Waals surface area contributed by atoms with Crippen LogP contribution in [-0.4, -0.2) is 53.5 Å². The van der Waals surface area contributed by atoms with Crippen molar-refractivity contribution >= 4 is 28.6 Å². The van der Waals surface area contributed by atoms with Gasteiger partial charge in [-0.1, -0.05) is 6.07 Å². The molecule has 0 saturated carbocycles. The lowest BCUT2D eigenvalue weighted by molar-refractivity contribution is -0.146. The average Bonchev–Trinajstić information content (AvgIpc) is 2.91. The van der Waals surface area contributed by atoms with E-state index in [0.29, 0.717) is 12.1 Å². The van der Waals surface area contributed by atoms with Gasteiger partial charge in [-0.25, -0.2) is 0 Å². The zero-order valence-electron chi connectivity index (χ0n) is 20.7. The number of hydrogen-bond acceptors (Lipinski definition) is 6. The van der Waals surface area contributed by atoms with Gasteiger partial charge in [-0.15, -0.1) is 11.8 Å². The van der Waals surface area contributed by atoms with Crippen LogP contribution in [0.5, 0.6) is 5.75 Å². The molecule has 4 rings (SSSR count). The van der Waals surface area contributed by atoms with Crippen molar-refractivity contribution in [2.75, 3.05) is 32.5 Å². The van der Waals surface area contributed by atoms with Crippen molar-refractivity contribution in [1.82, 2.24) is 9.88 Å². The quantitative estimate of drug-likeness (QED) is 0.267. The molecule has 0 spiro atoms. The first-order chi connectivity index (χ1) is 17.6. The Morgan fingerprint density at radius 1 is 1.25 bits per heavy atom. The second-order valence-electron chi connectivity index (χ2n) is 9.38. The molecule has 1 saturated heterocycles. The van der Waals surface area contributed by atoms with Gasteiger partial charge in [0, 0.05) is 23.0 Å². The molecule has 0 aliphatic carbocycles. The maximum absolute atomic E-state index is 12.1. The molecule has 0 bridgehead atoms. The monoisotopic (exact) mass is 503 g/mol. The number of rotatable bonds is 11. The molecular weight excluding hydrogens is 470 g/mol. The molecular formula is C29H33N3O3S. The molecule has 1 aliphatic heterocycles. The van der Waals surface area contributed by atoms with Crippen molar-refractivity contribution < 1.29 is 14.6 Å². The summed E-state index contributed by atoms with van der Waals surface area (Å²) in [6, 6.07) is 17.9. The highest BCUT2D eigenvalue weighted by Crippen LogP contribution is 2.30. The first-order valence-corrected chi connectivity index (χ1v) is 13.6. The maximum Gasteiger partial charge on any atom is 0.308 e. The summed E-state index contributed by atoms with van der Waals surface area (Å²) in [6.07, 6.45) is 6.56. The van der Waals surface area contributed by atoms with E-state index in [4.69, 9.17) is 10.00 Å². The number of methoxy groups -OCH3 is 1. The highest BCUT2D eigenvalue weighted by Gasteiger charge is 2.33. The second-order valence-corrected chi connectivity index (χ2v) is 10.5. The molecule has 1 aliphatic rings. The van der Waals surface area contributed by atoms with Crippen LogP contribution in [0.4, 0.5) is 0 Å². The molecule has 0 amide bonds. The van der Waals surface area contributed by atoms with Gasteiger partial charge in [0.05, 0.1) is 30.2 Å². The van der Waals surface area contributed by atoms with Crippen molar-refractivity contribution in [3.63, 3.8) is 0 Å². The Balaban J connectivity index is 1.25. The summed E-state index contributed by atoms with van der Waals surface area (Å²) in [5.41, 5.74) is 2.88. The van der Waals surface area contributed by atoms with E-state index in [2.05, 4.69) is 22.0 Å². The zero-order chi connectivity index (χ0) is 25.3. The average molecular weight is 504 g/mol. The van der Waals surface area contributed by atoms with Crippen LogP contribution in [-0.2, 0) is 11.2 Å². The van der Waals surface area contributed by atoms with Gasteiger partial charge < -0.3 is 14.7 Å². The summed E-state index contributed by atoms with van der Waals surface area (Å²) in [4.78, 5) is 20.0.